The van der Waals surface area contributed by atoms with Crippen molar-refractivity contribution in [2.45, 2.75) is 19.3 Å². The van der Waals surface area contributed by atoms with Crippen LogP contribution in [0.15, 0.2) is 44.3 Å². The van der Waals surface area contributed by atoms with Crippen molar-refractivity contribution in [1.29, 1.82) is 0 Å². The molecular weight excluding hydrogens is 322 g/mol. The summed E-state index contributed by atoms with van der Waals surface area (Å²) in [6, 6.07) is 0. The van der Waals surface area contributed by atoms with Gasteiger partial charge in [-0.25, -0.2) is 0 Å². The number of hydrogen-bond acceptors (Lipinski definition) is 1. The second-order valence-corrected chi connectivity index (χ2v) is 5.06. The maximum atomic E-state index is 9.02. The van der Waals surface area contributed by atoms with E-state index in [4.69, 9.17) is 5.11 Å². The smallest absolute Gasteiger partial charge is 1.00 e. The molecule has 0 saturated carbocycles. The average molecular weight is 335 g/mol. The van der Waals surface area contributed by atoms with Crippen molar-refractivity contribution >= 4 is 0 Å². The summed E-state index contributed by atoms with van der Waals surface area (Å²) in [6.07, 6.45) is 11.8. The molecule has 85 valence electrons. The van der Waals surface area contributed by atoms with Crippen molar-refractivity contribution in [1.82, 2.24) is 0 Å². The van der Waals surface area contributed by atoms with E-state index in [1.54, 1.807) is 0 Å². The molecule has 0 fully saturated rings. The first-order valence-electron chi connectivity index (χ1n) is 4.94. The van der Waals surface area contributed by atoms with Crippen LogP contribution in [0, 0.1) is 0 Å². The molecule has 0 heterocycles. The second-order valence-electron chi connectivity index (χ2n) is 3.58. The number of allylic oxidation sites excluding steroid dienone is 7. The Morgan fingerprint density at radius 2 is 2.00 bits per heavy atom. The minimum atomic E-state index is 0. The molecule has 4 heteroatoms. The number of halogens is 2. The zero-order valence-electron chi connectivity index (χ0n) is 8.84. The Labute approximate surface area is 124 Å². The number of rotatable bonds is 3. The van der Waals surface area contributed by atoms with E-state index in [2.05, 4.69) is 24.3 Å². The van der Waals surface area contributed by atoms with Crippen LogP contribution in [0.2, 0.25) is 0 Å². The van der Waals surface area contributed by atoms with Crippen molar-refractivity contribution in [2.75, 3.05) is 6.61 Å². The maximum Gasteiger partial charge on any atom is -1.00 e. The van der Waals surface area contributed by atoms with E-state index < -0.39 is 0 Å². The van der Waals surface area contributed by atoms with Crippen LogP contribution in [0.1, 0.15) is 19.3 Å². The molecule has 0 aromatic rings. The van der Waals surface area contributed by atoms with E-state index in [1.165, 1.54) is 44.7 Å². The molecule has 0 saturated heterocycles. The molecule has 0 bridgehead atoms. The zero-order chi connectivity index (χ0) is 9.97. The summed E-state index contributed by atoms with van der Waals surface area (Å²) in [7, 11) is 0. The number of aliphatic hydroxyl groups is 1. The van der Waals surface area contributed by atoms with Gasteiger partial charge in [0, 0.05) is 0 Å². The Bertz CT molecular complexity index is 367. The third-order valence-corrected chi connectivity index (χ3v) is 3.92. The standard InChI is InChI=1S/C12H13O.2ClH.Zr/c13-9-8-11-6-3-7-12(11)10-4-1-2-5-10;;;/h1-2,4,7,13H,3,5,8-9H2;2*1H;/q;;;+2/p-2. The van der Waals surface area contributed by atoms with Gasteiger partial charge in [0.1, 0.15) is 0 Å². The van der Waals surface area contributed by atoms with Crippen molar-refractivity contribution < 1.29 is 54.6 Å². The van der Waals surface area contributed by atoms with Gasteiger partial charge < -0.3 is 24.8 Å². The summed E-state index contributed by atoms with van der Waals surface area (Å²) in [5.74, 6) is 0. The Balaban J connectivity index is 0.00000112. The third kappa shape index (κ3) is 3.44. The molecule has 0 amide bonds. The van der Waals surface area contributed by atoms with Crippen LogP contribution in [0.25, 0.3) is 0 Å². The largest absolute Gasteiger partial charge is 1.00 e. The van der Waals surface area contributed by atoms with Crippen molar-refractivity contribution in [3.8, 4) is 0 Å². The van der Waals surface area contributed by atoms with E-state index in [0.29, 0.717) is 0 Å². The van der Waals surface area contributed by atoms with Gasteiger partial charge in [-0.05, 0) is 0 Å². The molecule has 2 aliphatic rings. The van der Waals surface area contributed by atoms with Crippen molar-refractivity contribution in [2.24, 2.45) is 0 Å². The van der Waals surface area contributed by atoms with Crippen LogP contribution in [0.3, 0.4) is 0 Å². The molecule has 0 spiro atoms. The monoisotopic (exact) mass is 333 g/mol. The number of hydrogen-bond donors (Lipinski definition) is 1. The van der Waals surface area contributed by atoms with Crippen LogP contribution in [0.4, 0.5) is 0 Å². The van der Waals surface area contributed by atoms with E-state index >= 15 is 0 Å². The second kappa shape index (κ2) is 7.66. The van der Waals surface area contributed by atoms with Gasteiger partial charge in [-0.2, -0.15) is 0 Å². The normalized spacial score (nSPS) is 17.9. The van der Waals surface area contributed by atoms with Crippen LogP contribution < -0.4 is 24.8 Å². The first-order chi connectivity index (χ1) is 6.83. The Morgan fingerprint density at radius 1 is 1.25 bits per heavy atom. The third-order valence-electron chi connectivity index (χ3n) is 2.68. The van der Waals surface area contributed by atoms with Crippen LogP contribution >= 0.6 is 0 Å². The number of aliphatic hydroxyl groups excluding tert-OH is 1. The summed E-state index contributed by atoms with van der Waals surface area (Å²) in [5.41, 5.74) is 4.22. The molecule has 0 radical (unpaired) electrons. The molecule has 0 unspecified atom stereocenters. The van der Waals surface area contributed by atoms with Gasteiger partial charge >= 0.3 is 100.0 Å². The van der Waals surface area contributed by atoms with E-state index in [9.17, 15) is 0 Å². The minimum absolute atomic E-state index is 0. The molecule has 16 heavy (non-hydrogen) atoms. The minimum Gasteiger partial charge on any atom is -1.00 e. The topological polar surface area (TPSA) is 20.2 Å². The molecular formula is C12H13Cl2OZr. The SMILES string of the molecule is OCCC1=[C]([Zr+2])CC=C1C1=CC=CC1.[Cl-].[Cl-]. The summed E-state index contributed by atoms with van der Waals surface area (Å²) < 4.78 is 1.51. The molecule has 1 nitrogen and oxygen atoms in total. The average Bonchev–Trinajstić information content (AvgIpc) is 2.77. The summed E-state index contributed by atoms with van der Waals surface area (Å²) in [6.45, 7) is 0.269. The molecule has 0 aliphatic heterocycles. The van der Waals surface area contributed by atoms with E-state index in [1.807, 2.05) is 0 Å². The van der Waals surface area contributed by atoms with Crippen LogP contribution in [-0.4, -0.2) is 11.7 Å². The van der Waals surface area contributed by atoms with E-state index in [-0.39, 0.29) is 31.4 Å². The zero-order valence-corrected chi connectivity index (χ0v) is 12.8. The first kappa shape index (κ1) is 16.4. The first-order valence-corrected chi connectivity index (χ1v) is 6.17. The van der Waals surface area contributed by atoms with E-state index in [0.717, 1.165) is 19.3 Å². The fraction of sp³-hybridized carbons (Fsp3) is 0.333. The van der Waals surface area contributed by atoms with Gasteiger partial charge in [-0.15, -0.1) is 0 Å². The fourth-order valence-electron chi connectivity index (χ4n) is 1.98. The van der Waals surface area contributed by atoms with Gasteiger partial charge in [0.05, 0.1) is 0 Å². The van der Waals surface area contributed by atoms with Gasteiger partial charge in [0.25, 0.3) is 0 Å². The predicted octanol–water partition coefficient (Wildman–Crippen LogP) is -3.61. The predicted molar refractivity (Wildman–Crippen MR) is 53.3 cm³/mol. The van der Waals surface area contributed by atoms with Crippen molar-refractivity contribution in [3.05, 3.63) is 44.3 Å². The summed E-state index contributed by atoms with van der Waals surface area (Å²) in [5, 5.41) is 9.02. The molecule has 0 aromatic heterocycles. The molecule has 2 rings (SSSR count). The van der Waals surface area contributed by atoms with Gasteiger partial charge in [0.15, 0.2) is 0 Å². The molecule has 0 atom stereocenters. The summed E-state index contributed by atoms with van der Waals surface area (Å²) >= 11 is 1.49. The van der Waals surface area contributed by atoms with Gasteiger partial charge in [-0.3, -0.25) is 0 Å². The van der Waals surface area contributed by atoms with Crippen molar-refractivity contribution in [3.63, 3.8) is 0 Å². The maximum absolute atomic E-state index is 9.02. The van der Waals surface area contributed by atoms with Gasteiger partial charge in [-0.1, -0.05) is 0 Å². The quantitative estimate of drug-likeness (QED) is 0.565. The Hall–Kier alpha value is 0.383. The fourth-order valence-corrected chi connectivity index (χ4v) is 2.87. The Morgan fingerprint density at radius 3 is 2.56 bits per heavy atom. The Kier molecular flexibility index (Phi) is 7.84. The molecule has 2 aliphatic carbocycles. The molecule has 1 N–H and O–H groups in total. The van der Waals surface area contributed by atoms with Gasteiger partial charge in [0.2, 0.25) is 0 Å². The summed E-state index contributed by atoms with van der Waals surface area (Å²) in [4.78, 5) is 0. The molecule has 0 aromatic carbocycles. The van der Waals surface area contributed by atoms with Crippen LogP contribution in [-0.2, 0) is 24.7 Å². The van der Waals surface area contributed by atoms with Crippen LogP contribution in [0.5, 0.6) is 0 Å².